The lowest BCUT2D eigenvalue weighted by Crippen LogP contribution is -2.39. The fourth-order valence-electron chi connectivity index (χ4n) is 3.32. The van der Waals surface area contributed by atoms with E-state index in [0.29, 0.717) is 12.0 Å². The molecule has 0 saturated carbocycles. The van der Waals surface area contributed by atoms with Gasteiger partial charge in [0.15, 0.2) is 0 Å². The van der Waals surface area contributed by atoms with Crippen LogP contribution < -0.4 is 10.2 Å². The van der Waals surface area contributed by atoms with Gasteiger partial charge in [0, 0.05) is 25.3 Å². The molecule has 1 N–H and O–H groups in total. The van der Waals surface area contributed by atoms with Crippen molar-refractivity contribution in [3.8, 4) is 0 Å². The zero-order chi connectivity index (χ0) is 14.6. The number of halogens is 1. The highest BCUT2D eigenvalue weighted by atomic mass is 19.1. The first-order valence-electron chi connectivity index (χ1n) is 7.81. The largest absolute Gasteiger partial charge is 0.371 e. The molecule has 112 valence electrons. The second kappa shape index (κ2) is 6.57. The molecule has 2 nitrogen and oxygen atoms in total. The maximum absolute atomic E-state index is 13.7. The Morgan fingerprint density at radius 1 is 1.15 bits per heavy atom. The molecule has 0 atom stereocenters. The fourth-order valence-corrected chi connectivity index (χ4v) is 3.32. The van der Waals surface area contributed by atoms with Gasteiger partial charge in [-0.25, -0.2) is 4.39 Å². The lowest BCUT2D eigenvalue weighted by atomic mass is 9.74. The van der Waals surface area contributed by atoms with Crippen LogP contribution in [0.25, 0.3) is 0 Å². The summed E-state index contributed by atoms with van der Waals surface area (Å²) in [7, 11) is 1.89. The first-order valence-corrected chi connectivity index (χ1v) is 7.81. The number of piperidine rings is 1. The van der Waals surface area contributed by atoms with Crippen LogP contribution in [-0.4, -0.2) is 20.1 Å². The molecule has 1 heterocycles. The minimum atomic E-state index is -0.129. The van der Waals surface area contributed by atoms with Gasteiger partial charge in [-0.3, -0.25) is 0 Å². The van der Waals surface area contributed by atoms with Crippen molar-refractivity contribution in [2.45, 2.75) is 46.1 Å². The highest BCUT2D eigenvalue weighted by molar-refractivity contribution is 5.49. The Labute approximate surface area is 122 Å². The van der Waals surface area contributed by atoms with Crippen LogP contribution in [0.15, 0.2) is 18.2 Å². The number of nitrogens with one attached hydrogen (secondary N) is 1. The van der Waals surface area contributed by atoms with Crippen LogP contribution in [0.5, 0.6) is 0 Å². The van der Waals surface area contributed by atoms with Crippen molar-refractivity contribution in [1.82, 2.24) is 5.32 Å². The summed E-state index contributed by atoms with van der Waals surface area (Å²) < 4.78 is 13.7. The number of benzene rings is 1. The summed E-state index contributed by atoms with van der Waals surface area (Å²) in [5.74, 6) is -0.129. The molecule has 3 heteroatoms. The third kappa shape index (κ3) is 3.32. The zero-order valence-corrected chi connectivity index (χ0v) is 13.0. The topological polar surface area (TPSA) is 15.3 Å². The van der Waals surface area contributed by atoms with Gasteiger partial charge in [0.05, 0.1) is 0 Å². The molecule has 20 heavy (non-hydrogen) atoms. The SMILES string of the molecule is CCC1(CC)CCN(c2cc(F)cc(CNC)c2)CC1. The summed E-state index contributed by atoms with van der Waals surface area (Å²) in [5, 5.41) is 3.09. The Bertz CT molecular complexity index is 431. The molecule has 0 spiro atoms. The molecular formula is C17H27FN2. The molecule has 1 saturated heterocycles. The first kappa shape index (κ1) is 15.3. The van der Waals surface area contributed by atoms with Crippen LogP contribution in [0.2, 0.25) is 0 Å². The van der Waals surface area contributed by atoms with Crippen molar-refractivity contribution in [3.63, 3.8) is 0 Å². The van der Waals surface area contributed by atoms with Crippen LogP contribution in [0.4, 0.5) is 10.1 Å². The Hall–Kier alpha value is -1.09. The minimum Gasteiger partial charge on any atom is -0.371 e. The van der Waals surface area contributed by atoms with Crippen molar-refractivity contribution in [2.75, 3.05) is 25.0 Å². The van der Waals surface area contributed by atoms with E-state index in [1.807, 2.05) is 7.05 Å². The van der Waals surface area contributed by atoms with Gasteiger partial charge >= 0.3 is 0 Å². The van der Waals surface area contributed by atoms with Gasteiger partial charge in [0.2, 0.25) is 0 Å². The highest BCUT2D eigenvalue weighted by Gasteiger charge is 2.31. The summed E-state index contributed by atoms with van der Waals surface area (Å²) in [6, 6.07) is 5.40. The van der Waals surface area contributed by atoms with E-state index in [4.69, 9.17) is 0 Å². The number of rotatable bonds is 5. The van der Waals surface area contributed by atoms with Gasteiger partial charge in [-0.05, 0) is 49.1 Å². The maximum Gasteiger partial charge on any atom is 0.125 e. The maximum atomic E-state index is 13.7. The molecule has 1 aromatic rings. The van der Waals surface area contributed by atoms with Crippen LogP contribution in [0.3, 0.4) is 0 Å². The summed E-state index contributed by atoms with van der Waals surface area (Å²) >= 11 is 0. The van der Waals surface area contributed by atoms with Crippen molar-refractivity contribution < 1.29 is 4.39 Å². The van der Waals surface area contributed by atoms with Crippen molar-refractivity contribution >= 4 is 5.69 Å². The van der Waals surface area contributed by atoms with Gasteiger partial charge in [-0.2, -0.15) is 0 Å². The molecule has 1 aliphatic rings. The molecule has 0 bridgehead atoms. The second-order valence-electron chi connectivity index (χ2n) is 6.04. The number of anilines is 1. The van der Waals surface area contributed by atoms with Gasteiger partial charge in [-0.1, -0.05) is 26.7 Å². The normalized spacial score (nSPS) is 18.3. The van der Waals surface area contributed by atoms with Gasteiger partial charge in [0.1, 0.15) is 5.82 Å². The van der Waals surface area contributed by atoms with E-state index in [2.05, 4.69) is 30.1 Å². The minimum absolute atomic E-state index is 0.129. The Kier molecular flexibility index (Phi) is 5.03. The summed E-state index contributed by atoms with van der Waals surface area (Å²) in [6.07, 6.45) is 4.95. The molecule has 1 aromatic carbocycles. The predicted molar refractivity (Wildman–Crippen MR) is 83.6 cm³/mol. The molecule has 1 aliphatic heterocycles. The van der Waals surface area contributed by atoms with E-state index in [-0.39, 0.29) is 5.82 Å². The van der Waals surface area contributed by atoms with E-state index in [1.165, 1.54) is 25.7 Å². The van der Waals surface area contributed by atoms with Crippen LogP contribution in [0.1, 0.15) is 45.1 Å². The lowest BCUT2D eigenvalue weighted by Gasteiger charge is -2.42. The fraction of sp³-hybridized carbons (Fsp3) is 0.647. The Balaban J connectivity index is 2.10. The van der Waals surface area contributed by atoms with Crippen LogP contribution in [0, 0.1) is 11.2 Å². The van der Waals surface area contributed by atoms with Crippen LogP contribution in [-0.2, 0) is 6.54 Å². The zero-order valence-electron chi connectivity index (χ0n) is 13.0. The Morgan fingerprint density at radius 2 is 1.80 bits per heavy atom. The van der Waals surface area contributed by atoms with Gasteiger partial charge in [0.25, 0.3) is 0 Å². The van der Waals surface area contributed by atoms with E-state index in [0.717, 1.165) is 24.3 Å². The van der Waals surface area contributed by atoms with Crippen molar-refractivity contribution in [3.05, 3.63) is 29.6 Å². The number of nitrogens with zero attached hydrogens (tertiary/aromatic N) is 1. The smallest absolute Gasteiger partial charge is 0.125 e. The monoisotopic (exact) mass is 278 g/mol. The van der Waals surface area contributed by atoms with E-state index in [9.17, 15) is 4.39 Å². The first-order chi connectivity index (χ1) is 9.62. The molecule has 0 aromatic heterocycles. The van der Waals surface area contributed by atoms with E-state index >= 15 is 0 Å². The van der Waals surface area contributed by atoms with Crippen molar-refractivity contribution in [1.29, 1.82) is 0 Å². The van der Waals surface area contributed by atoms with Crippen molar-refractivity contribution in [2.24, 2.45) is 5.41 Å². The third-order valence-corrected chi connectivity index (χ3v) is 5.01. The quantitative estimate of drug-likeness (QED) is 0.877. The summed E-state index contributed by atoms with van der Waals surface area (Å²) in [6.45, 7) is 7.40. The van der Waals surface area contributed by atoms with E-state index < -0.39 is 0 Å². The molecule has 1 fully saturated rings. The highest BCUT2D eigenvalue weighted by Crippen LogP contribution is 2.39. The predicted octanol–water partition coefficient (Wildman–Crippen LogP) is 3.95. The second-order valence-corrected chi connectivity index (χ2v) is 6.04. The molecule has 0 radical (unpaired) electrons. The average molecular weight is 278 g/mol. The summed E-state index contributed by atoms with van der Waals surface area (Å²) in [4.78, 5) is 2.34. The molecule has 0 amide bonds. The Morgan fingerprint density at radius 3 is 2.35 bits per heavy atom. The summed E-state index contributed by atoms with van der Waals surface area (Å²) in [5.41, 5.74) is 2.57. The third-order valence-electron chi connectivity index (χ3n) is 5.01. The molecule has 0 unspecified atom stereocenters. The standard InChI is InChI=1S/C17H27FN2/c1-4-17(5-2)6-8-20(9-7-17)16-11-14(13-19-3)10-15(18)12-16/h10-12,19H,4-9,13H2,1-3H3. The number of hydrogen-bond acceptors (Lipinski definition) is 2. The van der Waals surface area contributed by atoms with Gasteiger partial charge < -0.3 is 10.2 Å². The van der Waals surface area contributed by atoms with E-state index in [1.54, 1.807) is 12.1 Å². The molecule has 2 rings (SSSR count). The van der Waals surface area contributed by atoms with Gasteiger partial charge in [-0.15, -0.1) is 0 Å². The molecular weight excluding hydrogens is 251 g/mol. The number of hydrogen-bond donors (Lipinski definition) is 1. The lowest BCUT2D eigenvalue weighted by molar-refractivity contribution is 0.199. The average Bonchev–Trinajstić information content (AvgIpc) is 2.47. The van der Waals surface area contributed by atoms with Crippen LogP contribution >= 0.6 is 0 Å². The molecule has 0 aliphatic carbocycles.